The standard InChI is InChI=1S/C8H12N4O/c13-8(7-2-4-10-12-7)11-6-1-3-9-5-6/h2,4,6,9H,1,3,5H2,(H,10,12)(H,11,13)/t6-/m1/s1. The number of nitrogens with one attached hydrogen (secondary N) is 3. The van der Waals surface area contributed by atoms with Gasteiger partial charge in [0.05, 0.1) is 0 Å². The second kappa shape index (κ2) is 3.57. The summed E-state index contributed by atoms with van der Waals surface area (Å²) in [6.07, 6.45) is 2.57. The van der Waals surface area contributed by atoms with E-state index in [2.05, 4.69) is 20.8 Å². The quantitative estimate of drug-likeness (QED) is 0.574. The fraction of sp³-hybridized carbons (Fsp3) is 0.500. The van der Waals surface area contributed by atoms with E-state index in [-0.39, 0.29) is 11.9 Å². The predicted molar refractivity (Wildman–Crippen MR) is 47.3 cm³/mol. The van der Waals surface area contributed by atoms with Gasteiger partial charge in [-0.25, -0.2) is 0 Å². The third-order valence-corrected chi connectivity index (χ3v) is 2.14. The van der Waals surface area contributed by atoms with E-state index in [0.29, 0.717) is 5.69 Å². The molecule has 13 heavy (non-hydrogen) atoms. The van der Waals surface area contributed by atoms with Crippen molar-refractivity contribution >= 4 is 5.91 Å². The molecule has 3 N–H and O–H groups in total. The van der Waals surface area contributed by atoms with E-state index in [9.17, 15) is 4.79 Å². The van der Waals surface area contributed by atoms with Crippen LogP contribution in [0.15, 0.2) is 12.3 Å². The topological polar surface area (TPSA) is 69.8 Å². The molecule has 0 aromatic carbocycles. The first-order valence-electron chi connectivity index (χ1n) is 4.37. The maximum atomic E-state index is 11.5. The molecular weight excluding hydrogens is 168 g/mol. The van der Waals surface area contributed by atoms with Gasteiger partial charge in [-0.3, -0.25) is 9.89 Å². The summed E-state index contributed by atoms with van der Waals surface area (Å²) in [4.78, 5) is 11.5. The number of amides is 1. The lowest BCUT2D eigenvalue weighted by Crippen LogP contribution is -2.36. The molecule has 0 saturated carbocycles. The monoisotopic (exact) mass is 180 g/mol. The molecule has 0 aliphatic carbocycles. The summed E-state index contributed by atoms with van der Waals surface area (Å²) in [5, 5.41) is 12.4. The molecule has 1 fully saturated rings. The molecule has 1 aliphatic heterocycles. The molecule has 1 atom stereocenters. The molecule has 1 aromatic heterocycles. The summed E-state index contributed by atoms with van der Waals surface area (Å²) in [5.41, 5.74) is 0.520. The predicted octanol–water partition coefficient (Wildman–Crippen LogP) is -0.499. The van der Waals surface area contributed by atoms with Gasteiger partial charge in [0.2, 0.25) is 0 Å². The van der Waals surface area contributed by atoms with Crippen LogP contribution in [0.1, 0.15) is 16.9 Å². The molecule has 0 bridgehead atoms. The van der Waals surface area contributed by atoms with Gasteiger partial charge in [0, 0.05) is 18.8 Å². The van der Waals surface area contributed by atoms with Crippen LogP contribution in [0, 0.1) is 0 Å². The lowest BCUT2D eigenvalue weighted by atomic mass is 10.2. The van der Waals surface area contributed by atoms with Crippen molar-refractivity contribution in [3.8, 4) is 0 Å². The zero-order chi connectivity index (χ0) is 9.10. The number of rotatable bonds is 2. The first-order valence-corrected chi connectivity index (χ1v) is 4.37. The average Bonchev–Trinajstić information content (AvgIpc) is 2.74. The zero-order valence-electron chi connectivity index (χ0n) is 7.21. The Bertz CT molecular complexity index is 276. The number of carbonyl (C=O) groups excluding carboxylic acids is 1. The van der Waals surface area contributed by atoms with Crippen LogP contribution in [0.3, 0.4) is 0 Å². The summed E-state index contributed by atoms with van der Waals surface area (Å²) >= 11 is 0. The van der Waals surface area contributed by atoms with Crippen molar-refractivity contribution in [2.24, 2.45) is 0 Å². The van der Waals surface area contributed by atoms with Crippen molar-refractivity contribution in [1.82, 2.24) is 20.8 Å². The number of hydrogen-bond acceptors (Lipinski definition) is 3. The minimum atomic E-state index is -0.0776. The zero-order valence-corrected chi connectivity index (χ0v) is 7.21. The Labute approximate surface area is 75.9 Å². The van der Waals surface area contributed by atoms with Crippen molar-refractivity contribution < 1.29 is 4.79 Å². The van der Waals surface area contributed by atoms with Gasteiger partial charge in [0.1, 0.15) is 5.69 Å². The van der Waals surface area contributed by atoms with Gasteiger partial charge in [0.15, 0.2) is 0 Å². The van der Waals surface area contributed by atoms with Crippen LogP contribution < -0.4 is 10.6 Å². The molecule has 1 amide bonds. The smallest absolute Gasteiger partial charge is 0.269 e. The van der Waals surface area contributed by atoms with Gasteiger partial charge < -0.3 is 10.6 Å². The normalized spacial score (nSPS) is 21.7. The molecule has 2 heterocycles. The maximum absolute atomic E-state index is 11.5. The highest BCUT2D eigenvalue weighted by Gasteiger charge is 2.17. The van der Waals surface area contributed by atoms with Crippen LogP contribution >= 0.6 is 0 Å². The third kappa shape index (κ3) is 1.86. The second-order valence-corrected chi connectivity index (χ2v) is 3.13. The summed E-state index contributed by atoms with van der Waals surface area (Å²) < 4.78 is 0. The summed E-state index contributed by atoms with van der Waals surface area (Å²) in [7, 11) is 0. The van der Waals surface area contributed by atoms with Crippen LogP contribution in [0.4, 0.5) is 0 Å². The Balaban J connectivity index is 1.91. The molecule has 5 nitrogen and oxygen atoms in total. The van der Waals surface area contributed by atoms with Gasteiger partial charge in [-0.05, 0) is 19.0 Å². The number of nitrogens with zero attached hydrogens (tertiary/aromatic N) is 1. The Kier molecular flexibility index (Phi) is 2.27. The lowest BCUT2D eigenvalue weighted by Gasteiger charge is -2.09. The number of aromatic nitrogens is 2. The minimum Gasteiger partial charge on any atom is -0.347 e. The van der Waals surface area contributed by atoms with Gasteiger partial charge in [-0.15, -0.1) is 0 Å². The van der Waals surface area contributed by atoms with Crippen LogP contribution in [0.2, 0.25) is 0 Å². The SMILES string of the molecule is O=C(N[C@@H]1CCNC1)c1ccn[nH]1. The highest BCUT2D eigenvalue weighted by atomic mass is 16.2. The van der Waals surface area contributed by atoms with Crippen LogP contribution in [0.25, 0.3) is 0 Å². The number of H-pyrrole nitrogens is 1. The largest absolute Gasteiger partial charge is 0.347 e. The van der Waals surface area contributed by atoms with Gasteiger partial charge >= 0.3 is 0 Å². The van der Waals surface area contributed by atoms with Crippen LogP contribution in [-0.4, -0.2) is 35.2 Å². The Hall–Kier alpha value is -1.36. The molecule has 0 unspecified atom stereocenters. The minimum absolute atomic E-state index is 0.0776. The van der Waals surface area contributed by atoms with E-state index >= 15 is 0 Å². The van der Waals surface area contributed by atoms with Crippen molar-refractivity contribution in [2.75, 3.05) is 13.1 Å². The fourth-order valence-electron chi connectivity index (χ4n) is 1.42. The van der Waals surface area contributed by atoms with E-state index in [1.165, 1.54) is 0 Å². The molecule has 1 saturated heterocycles. The van der Waals surface area contributed by atoms with Gasteiger partial charge in [-0.1, -0.05) is 0 Å². The van der Waals surface area contributed by atoms with E-state index in [1.54, 1.807) is 12.3 Å². The van der Waals surface area contributed by atoms with Crippen molar-refractivity contribution in [3.63, 3.8) is 0 Å². The van der Waals surface area contributed by atoms with Crippen LogP contribution in [0.5, 0.6) is 0 Å². The third-order valence-electron chi connectivity index (χ3n) is 2.14. The maximum Gasteiger partial charge on any atom is 0.269 e. The van der Waals surface area contributed by atoms with Gasteiger partial charge in [-0.2, -0.15) is 5.10 Å². The number of aromatic amines is 1. The first kappa shape index (κ1) is 8.25. The summed E-state index contributed by atoms with van der Waals surface area (Å²) in [6.45, 7) is 1.84. The summed E-state index contributed by atoms with van der Waals surface area (Å²) in [6, 6.07) is 1.92. The lowest BCUT2D eigenvalue weighted by molar-refractivity contribution is 0.0935. The Morgan fingerprint density at radius 2 is 2.62 bits per heavy atom. The summed E-state index contributed by atoms with van der Waals surface area (Å²) in [5.74, 6) is -0.0776. The number of hydrogen-bond donors (Lipinski definition) is 3. The van der Waals surface area contributed by atoms with Crippen molar-refractivity contribution in [3.05, 3.63) is 18.0 Å². The van der Waals surface area contributed by atoms with E-state index in [4.69, 9.17) is 0 Å². The Morgan fingerprint density at radius 3 is 3.23 bits per heavy atom. The molecule has 1 aliphatic rings. The Morgan fingerprint density at radius 1 is 1.69 bits per heavy atom. The molecule has 1 aromatic rings. The molecule has 0 spiro atoms. The highest BCUT2D eigenvalue weighted by molar-refractivity contribution is 5.92. The van der Waals surface area contributed by atoms with Gasteiger partial charge in [0.25, 0.3) is 5.91 Å². The van der Waals surface area contributed by atoms with E-state index in [1.807, 2.05) is 0 Å². The molecule has 5 heteroatoms. The van der Waals surface area contributed by atoms with E-state index < -0.39 is 0 Å². The first-order chi connectivity index (χ1) is 6.36. The average molecular weight is 180 g/mol. The van der Waals surface area contributed by atoms with Crippen molar-refractivity contribution in [2.45, 2.75) is 12.5 Å². The molecule has 2 rings (SSSR count). The fourth-order valence-corrected chi connectivity index (χ4v) is 1.42. The molecular formula is C8H12N4O. The molecule has 70 valence electrons. The number of carbonyl (C=O) groups is 1. The highest BCUT2D eigenvalue weighted by Crippen LogP contribution is 1.99. The van der Waals surface area contributed by atoms with Crippen molar-refractivity contribution in [1.29, 1.82) is 0 Å². The molecule has 0 radical (unpaired) electrons. The van der Waals surface area contributed by atoms with E-state index in [0.717, 1.165) is 19.5 Å². The van der Waals surface area contributed by atoms with Crippen LogP contribution in [-0.2, 0) is 0 Å². The second-order valence-electron chi connectivity index (χ2n) is 3.13.